The fraction of sp³-hybridized carbons (Fsp3) is 0.917. The van der Waals surface area contributed by atoms with E-state index in [1.165, 1.54) is 0 Å². The number of rotatable bonds is 4. The van der Waals surface area contributed by atoms with E-state index in [4.69, 9.17) is 9.47 Å². The molecule has 0 aromatic rings. The van der Waals surface area contributed by atoms with Gasteiger partial charge in [-0.05, 0) is 0 Å². The average Bonchev–Trinajstić information content (AvgIpc) is 2.39. The van der Waals surface area contributed by atoms with Crippen LogP contribution in [-0.2, 0) is 14.3 Å². The van der Waals surface area contributed by atoms with Gasteiger partial charge in [-0.15, -0.1) is 0 Å². The van der Waals surface area contributed by atoms with E-state index >= 15 is 0 Å². The lowest BCUT2D eigenvalue weighted by atomic mass is 9.94. The highest BCUT2D eigenvalue weighted by molar-refractivity contribution is 5.76. The van der Waals surface area contributed by atoms with E-state index in [2.05, 4.69) is 10.6 Å². The Morgan fingerprint density at radius 2 is 2.17 bits per heavy atom. The van der Waals surface area contributed by atoms with Crippen LogP contribution in [-0.4, -0.2) is 62.2 Å². The van der Waals surface area contributed by atoms with Crippen molar-refractivity contribution >= 4 is 5.91 Å². The average molecular weight is 258 g/mol. The molecule has 0 bridgehead atoms. The van der Waals surface area contributed by atoms with E-state index in [0.717, 1.165) is 6.54 Å². The summed E-state index contributed by atoms with van der Waals surface area (Å²) in [5, 5.41) is 16.2. The number of hydrogen-bond acceptors (Lipinski definition) is 5. The summed E-state index contributed by atoms with van der Waals surface area (Å²) >= 11 is 0. The van der Waals surface area contributed by atoms with Gasteiger partial charge < -0.3 is 25.2 Å². The van der Waals surface area contributed by atoms with Crippen molar-refractivity contribution in [3.8, 4) is 0 Å². The summed E-state index contributed by atoms with van der Waals surface area (Å²) in [7, 11) is 0. The molecule has 6 nitrogen and oxygen atoms in total. The minimum Gasteiger partial charge on any atom is -0.388 e. The second kappa shape index (κ2) is 6.47. The second-order valence-corrected chi connectivity index (χ2v) is 5.01. The molecule has 2 aliphatic heterocycles. The summed E-state index contributed by atoms with van der Waals surface area (Å²) in [6.07, 6.45) is 1.45. The molecule has 2 aliphatic rings. The van der Waals surface area contributed by atoms with Crippen molar-refractivity contribution in [2.75, 3.05) is 39.5 Å². The summed E-state index contributed by atoms with van der Waals surface area (Å²) in [4.78, 5) is 11.7. The third kappa shape index (κ3) is 4.20. The highest BCUT2D eigenvalue weighted by Gasteiger charge is 2.30. The van der Waals surface area contributed by atoms with Crippen LogP contribution < -0.4 is 10.6 Å². The minimum atomic E-state index is -0.806. The van der Waals surface area contributed by atoms with Crippen molar-refractivity contribution in [3.05, 3.63) is 0 Å². The molecule has 0 aromatic heterocycles. The number of ether oxygens (including phenoxy) is 2. The van der Waals surface area contributed by atoms with E-state index in [0.29, 0.717) is 52.2 Å². The normalized spacial score (nSPS) is 27.7. The van der Waals surface area contributed by atoms with Gasteiger partial charge >= 0.3 is 0 Å². The predicted octanol–water partition coefficient (Wildman–Crippen LogP) is -0.977. The zero-order valence-corrected chi connectivity index (χ0v) is 10.6. The largest absolute Gasteiger partial charge is 0.388 e. The number of amides is 1. The van der Waals surface area contributed by atoms with Crippen molar-refractivity contribution in [2.24, 2.45) is 0 Å². The van der Waals surface area contributed by atoms with Crippen molar-refractivity contribution in [1.82, 2.24) is 10.6 Å². The zero-order chi connectivity index (χ0) is 12.8. The van der Waals surface area contributed by atoms with Gasteiger partial charge in [0.15, 0.2) is 0 Å². The molecule has 18 heavy (non-hydrogen) atoms. The van der Waals surface area contributed by atoms with Gasteiger partial charge in [-0.3, -0.25) is 4.79 Å². The molecule has 2 rings (SSSR count). The Labute approximate surface area is 107 Å². The molecule has 2 saturated heterocycles. The minimum absolute atomic E-state index is 0.0527. The van der Waals surface area contributed by atoms with Gasteiger partial charge in [-0.2, -0.15) is 0 Å². The molecule has 0 saturated carbocycles. The van der Waals surface area contributed by atoms with Crippen LogP contribution in [0.3, 0.4) is 0 Å². The zero-order valence-electron chi connectivity index (χ0n) is 10.6. The fourth-order valence-electron chi connectivity index (χ4n) is 2.22. The maximum Gasteiger partial charge on any atom is 0.222 e. The van der Waals surface area contributed by atoms with Crippen molar-refractivity contribution in [1.29, 1.82) is 0 Å². The summed E-state index contributed by atoms with van der Waals surface area (Å²) in [6, 6.07) is 0. The molecular weight excluding hydrogens is 236 g/mol. The Balaban J connectivity index is 1.67. The molecule has 0 aliphatic carbocycles. The number of nitrogens with one attached hydrogen (secondary N) is 2. The van der Waals surface area contributed by atoms with Gasteiger partial charge in [0, 0.05) is 45.7 Å². The summed E-state index contributed by atoms with van der Waals surface area (Å²) in [5.41, 5.74) is -0.806. The smallest absolute Gasteiger partial charge is 0.222 e. The second-order valence-electron chi connectivity index (χ2n) is 5.01. The Morgan fingerprint density at radius 1 is 1.39 bits per heavy atom. The van der Waals surface area contributed by atoms with Gasteiger partial charge in [0.25, 0.3) is 0 Å². The van der Waals surface area contributed by atoms with Crippen LogP contribution in [0.25, 0.3) is 0 Å². The first-order chi connectivity index (χ1) is 8.68. The van der Waals surface area contributed by atoms with E-state index in [1.807, 2.05) is 0 Å². The number of morpholine rings is 1. The third-order valence-electron chi connectivity index (χ3n) is 3.46. The van der Waals surface area contributed by atoms with Crippen molar-refractivity contribution in [2.45, 2.75) is 31.0 Å². The number of hydrogen-bond donors (Lipinski definition) is 3. The first kappa shape index (κ1) is 13.7. The van der Waals surface area contributed by atoms with Crippen LogP contribution in [0.15, 0.2) is 0 Å². The molecule has 2 fully saturated rings. The lowest BCUT2D eigenvalue weighted by Crippen LogP contribution is -2.48. The Bertz CT molecular complexity index is 273. The van der Waals surface area contributed by atoms with Gasteiger partial charge in [0.1, 0.15) is 0 Å². The van der Waals surface area contributed by atoms with Gasteiger partial charge in [-0.1, -0.05) is 0 Å². The standard InChI is InChI=1S/C12H22N2O4/c15-11(7-10-8-13-3-6-18-10)14-9-12(16)1-4-17-5-2-12/h10,13,16H,1-9H2,(H,14,15). The molecule has 1 atom stereocenters. The van der Waals surface area contributed by atoms with Gasteiger partial charge in [-0.25, -0.2) is 0 Å². The monoisotopic (exact) mass is 258 g/mol. The van der Waals surface area contributed by atoms with Crippen LogP contribution in [0.1, 0.15) is 19.3 Å². The molecule has 104 valence electrons. The molecule has 3 N–H and O–H groups in total. The summed E-state index contributed by atoms with van der Waals surface area (Å²) in [5.74, 6) is -0.0661. The molecule has 1 amide bonds. The molecule has 0 spiro atoms. The quantitative estimate of drug-likeness (QED) is 0.604. The number of aliphatic hydroxyl groups is 1. The molecule has 2 heterocycles. The van der Waals surface area contributed by atoms with E-state index < -0.39 is 5.60 Å². The predicted molar refractivity (Wildman–Crippen MR) is 65.2 cm³/mol. The van der Waals surface area contributed by atoms with E-state index in [1.54, 1.807) is 0 Å². The molecule has 6 heteroatoms. The van der Waals surface area contributed by atoms with Crippen LogP contribution in [0, 0.1) is 0 Å². The first-order valence-corrected chi connectivity index (χ1v) is 6.57. The maximum absolute atomic E-state index is 11.7. The van der Waals surface area contributed by atoms with Gasteiger partial charge in [0.2, 0.25) is 5.91 Å². The van der Waals surface area contributed by atoms with Crippen LogP contribution in [0.2, 0.25) is 0 Å². The lowest BCUT2D eigenvalue weighted by molar-refractivity contribution is -0.127. The third-order valence-corrected chi connectivity index (χ3v) is 3.46. The number of carbonyl (C=O) groups excluding carboxylic acids is 1. The van der Waals surface area contributed by atoms with Crippen LogP contribution in [0.4, 0.5) is 0 Å². The Kier molecular flexibility index (Phi) is 4.94. The topological polar surface area (TPSA) is 79.8 Å². The highest BCUT2D eigenvalue weighted by atomic mass is 16.5. The Morgan fingerprint density at radius 3 is 2.83 bits per heavy atom. The molecule has 0 radical (unpaired) electrons. The fourth-order valence-corrected chi connectivity index (χ4v) is 2.22. The molecule has 1 unspecified atom stereocenters. The Hall–Kier alpha value is -0.690. The SMILES string of the molecule is O=C(CC1CNCCO1)NCC1(O)CCOCC1. The lowest BCUT2D eigenvalue weighted by Gasteiger charge is -2.32. The van der Waals surface area contributed by atoms with E-state index in [9.17, 15) is 9.90 Å². The van der Waals surface area contributed by atoms with Crippen molar-refractivity contribution < 1.29 is 19.4 Å². The maximum atomic E-state index is 11.7. The summed E-state index contributed by atoms with van der Waals surface area (Å²) < 4.78 is 10.7. The number of carbonyl (C=O) groups is 1. The van der Waals surface area contributed by atoms with Crippen LogP contribution in [0.5, 0.6) is 0 Å². The summed E-state index contributed by atoms with van der Waals surface area (Å²) in [6.45, 7) is 3.63. The first-order valence-electron chi connectivity index (χ1n) is 6.57. The highest BCUT2D eigenvalue weighted by Crippen LogP contribution is 2.19. The van der Waals surface area contributed by atoms with Crippen molar-refractivity contribution in [3.63, 3.8) is 0 Å². The van der Waals surface area contributed by atoms with Crippen LogP contribution >= 0.6 is 0 Å². The molecule has 0 aromatic carbocycles. The van der Waals surface area contributed by atoms with E-state index in [-0.39, 0.29) is 12.0 Å². The molecular formula is C12H22N2O4. The van der Waals surface area contributed by atoms with Gasteiger partial charge in [0.05, 0.1) is 24.7 Å².